The van der Waals surface area contributed by atoms with E-state index in [9.17, 15) is 13.0 Å². The summed E-state index contributed by atoms with van der Waals surface area (Å²) in [5, 5.41) is 0. The molecule has 0 fully saturated rings. The quantitative estimate of drug-likeness (QED) is 0.0915. The minimum absolute atomic E-state index is 0. The maximum atomic E-state index is 10.8. The molecule has 1 unspecified atom stereocenters. The Morgan fingerprint density at radius 2 is 0.900 bits per heavy atom. The second kappa shape index (κ2) is 25.1. The molecule has 4 nitrogen and oxygen atoms in total. The van der Waals surface area contributed by atoms with E-state index >= 15 is 0 Å². The Morgan fingerprint density at radius 1 is 0.600 bits per heavy atom. The van der Waals surface area contributed by atoms with Crippen LogP contribution in [0.1, 0.15) is 142 Å². The molecule has 0 N–H and O–H groups in total. The third-order valence-corrected chi connectivity index (χ3v) is 6.30. The van der Waals surface area contributed by atoms with Crippen molar-refractivity contribution in [1.29, 1.82) is 0 Å². The fraction of sp³-hybridized carbons (Fsp3) is 1.00. The summed E-state index contributed by atoms with van der Waals surface area (Å²) < 4.78 is 36.8. The van der Waals surface area contributed by atoms with Crippen LogP contribution in [0.25, 0.3) is 0 Å². The van der Waals surface area contributed by atoms with Crippen LogP contribution in [0.4, 0.5) is 0 Å². The van der Waals surface area contributed by atoms with E-state index in [2.05, 4.69) is 18.0 Å². The van der Waals surface area contributed by atoms with Crippen LogP contribution in [0.2, 0.25) is 0 Å². The summed E-state index contributed by atoms with van der Waals surface area (Å²) in [4.78, 5) is 0. The topological polar surface area (TPSA) is 66.4 Å². The van der Waals surface area contributed by atoms with Crippen LogP contribution in [0.5, 0.6) is 0 Å². The molecule has 30 heavy (non-hydrogen) atoms. The molecule has 0 radical (unpaired) electrons. The van der Waals surface area contributed by atoms with Crippen LogP contribution >= 0.6 is 0 Å². The first-order chi connectivity index (χ1) is 14.0. The van der Waals surface area contributed by atoms with E-state index in [1.54, 1.807) is 0 Å². The number of hydrogen-bond acceptors (Lipinski definition) is 4. The Morgan fingerprint density at radius 3 is 1.20 bits per heavy atom. The Kier molecular flexibility index (Phi) is 28.2. The van der Waals surface area contributed by atoms with Gasteiger partial charge >= 0.3 is 51.4 Å². The predicted octanol–water partition coefficient (Wildman–Crippen LogP) is 4.93. The number of hydrogen-bond donors (Lipinski definition) is 0. The normalized spacial score (nSPS) is 12.6. The van der Waals surface area contributed by atoms with E-state index in [-0.39, 0.29) is 63.9 Å². The first-order valence-electron chi connectivity index (χ1n) is 12.6. The van der Waals surface area contributed by atoms with Gasteiger partial charge in [-0.25, -0.2) is 8.42 Å². The maximum absolute atomic E-state index is 10.8. The molecule has 0 spiro atoms. The monoisotopic (exact) mass is 472 g/mol. The van der Waals surface area contributed by atoms with Gasteiger partial charge < -0.3 is 4.55 Å². The van der Waals surface area contributed by atoms with Crippen molar-refractivity contribution in [3.05, 3.63) is 0 Å². The molecule has 0 aromatic heterocycles. The number of rotatable bonds is 23. The van der Waals surface area contributed by atoms with E-state index < -0.39 is 10.4 Å². The molecule has 0 aliphatic rings. The Balaban J connectivity index is 0. The van der Waals surface area contributed by atoms with Gasteiger partial charge in [0.05, 0.1) is 6.61 Å². The molecule has 1 atom stereocenters. The summed E-state index contributed by atoms with van der Waals surface area (Å²) in [6, 6.07) is 0. The summed E-state index contributed by atoms with van der Waals surface area (Å²) in [7, 11) is -4.57. The largest absolute Gasteiger partial charge is 1.00 e. The van der Waals surface area contributed by atoms with Crippen molar-refractivity contribution in [3.63, 3.8) is 0 Å². The minimum Gasteiger partial charge on any atom is -0.726 e. The zero-order valence-electron chi connectivity index (χ0n) is 20.5. The first-order valence-corrected chi connectivity index (χ1v) is 13.9. The van der Waals surface area contributed by atoms with Crippen LogP contribution in [-0.2, 0) is 14.6 Å². The van der Waals surface area contributed by atoms with Crippen molar-refractivity contribution in [3.8, 4) is 0 Å². The van der Waals surface area contributed by atoms with Crippen molar-refractivity contribution < 1.29 is 68.5 Å². The van der Waals surface area contributed by atoms with Crippen molar-refractivity contribution in [2.75, 3.05) is 6.61 Å². The fourth-order valence-electron chi connectivity index (χ4n) is 3.98. The molecule has 0 saturated carbocycles. The fourth-order valence-corrected chi connectivity index (χ4v) is 4.34. The molecular weight excluding hydrogens is 423 g/mol. The zero-order valence-corrected chi connectivity index (χ0v) is 24.4. The van der Waals surface area contributed by atoms with E-state index in [1.165, 1.54) is 103 Å². The third-order valence-electron chi connectivity index (χ3n) is 5.88. The van der Waals surface area contributed by atoms with Crippen molar-refractivity contribution >= 4 is 10.4 Å². The summed E-state index contributed by atoms with van der Waals surface area (Å²) in [5.41, 5.74) is 0. The minimum atomic E-state index is -4.57. The molecule has 0 heterocycles. The molecule has 0 aromatic carbocycles. The van der Waals surface area contributed by atoms with Crippen LogP contribution in [-0.4, -0.2) is 19.6 Å². The van der Waals surface area contributed by atoms with Crippen molar-refractivity contribution in [1.82, 2.24) is 0 Å². The van der Waals surface area contributed by atoms with Crippen LogP contribution in [0.3, 0.4) is 0 Å². The van der Waals surface area contributed by atoms with Crippen LogP contribution in [0.15, 0.2) is 0 Å². The molecule has 0 saturated heterocycles. The van der Waals surface area contributed by atoms with E-state index in [0.717, 1.165) is 25.7 Å². The maximum Gasteiger partial charge on any atom is 1.00 e. The van der Waals surface area contributed by atoms with Gasteiger partial charge in [-0.15, -0.1) is 0 Å². The molecule has 0 bridgehead atoms. The molecular formula is C24H49KO4S. The van der Waals surface area contributed by atoms with E-state index in [4.69, 9.17) is 0 Å². The van der Waals surface area contributed by atoms with Crippen LogP contribution in [0, 0.1) is 5.92 Å². The van der Waals surface area contributed by atoms with Gasteiger partial charge in [-0.3, -0.25) is 4.18 Å². The second-order valence-electron chi connectivity index (χ2n) is 8.79. The molecule has 176 valence electrons. The van der Waals surface area contributed by atoms with Gasteiger partial charge in [0.1, 0.15) is 0 Å². The Hall–Kier alpha value is 1.51. The van der Waals surface area contributed by atoms with Gasteiger partial charge in [-0.2, -0.15) is 0 Å². The van der Waals surface area contributed by atoms with Gasteiger partial charge in [0, 0.05) is 0 Å². The van der Waals surface area contributed by atoms with Gasteiger partial charge in [0.25, 0.3) is 0 Å². The summed E-state index contributed by atoms with van der Waals surface area (Å²) >= 11 is 0. The molecule has 0 rings (SSSR count). The number of unbranched alkanes of at least 4 members (excludes halogenated alkanes) is 16. The van der Waals surface area contributed by atoms with Gasteiger partial charge in [-0.05, 0) is 18.8 Å². The molecule has 0 amide bonds. The summed E-state index contributed by atoms with van der Waals surface area (Å²) in [6.45, 7) is 4.53. The van der Waals surface area contributed by atoms with Gasteiger partial charge in [-0.1, -0.05) is 129 Å². The SMILES string of the molecule is CCCCCCCCCCCCCCCC(CCCCCCC)COS(=O)(=O)[O-].[K+]. The molecule has 6 heteroatoms. The molecule has 0 aromatic rings. The Bertz CT molecular complexity index is 429. The van der Waals surface area contributed by atoms with Gasteiger partial charge in [0.15, 0.2) is 0 Å². The van der Waals surface area contributed by atoms with Crippen molar-refractivity contribution in [2.45, 2.75) is 142 Å². The summed E-state index contributed by atoms with van der Waals surface area (Å²) in [5.74, 6) is 0.202. The molecule has 0 aliphatic carbocycles. The summed E-state index contributed by atoms with van der Waals surface area (Å²) in [6.07, 6.45) is 25.2. The van der Waals surface area contributed by atoms with Gasteiger partial charge in [0.2, 0.25) is 10.4 Å². The average molecular weight is 473 g/mol. The third kappa shape index (κ3) is 27.5. The standard InChI is InChI=1S/C24H50O4S.K/c1-3-5-7-9-10-11-12-13-14-15-16-18-20-22-24(23-28-29(25,26)27)21-19-17-8-6-4-2;/h24H,3-23H2,1-2H3,(H,25,26,27);/q;+1/p-1. The van der Waals surface area contributed by atoms with Crippen molar-refractivity contribution in [2.24, 2.45) is 5.92 Å². The Labute approximate surface area is 231 Å². The van der Waals surface area contributed by atoms with Crippen LogP contribution < -0.4 is 51.4 Å². The predicted molar refractivity (Wildman–Crippen MR) is 123 cm³/mol. The van der Waals surface area contributed by atoms with E-state index in [0.29, 0.717) is 0 Å². The van der Waals surface area contributed by atoms with E-state index in [1.807, 2.05) is 0 Å². The average Bonchev–Trinajstić information content (AvgIpc) is 2.68. The first kappa shape index (κ1) is 33.7. The zero-order chi connectivity index (χ0) is 21.6. The second-order valence-corrected chi connectivity index (χ2v) is 9.85. The smallest absolute Gasteiger partial charge is 0.726 e. The molecule has 0 aliphatic heterocycles.